The lowest BCUT2D eigenvalue weighted by Gasteiger charge is -2.08. The molecule has 0 fully saturated rings. The van der Waals surface area contributed by atoms with Gasteiger partial charge in [0.05, 0.1) is 0 Å². The summed E-state index contributed by atoms with van der Waals surface area (Å²) in [5.41, 5.74) is 0.301. The number of rotatable bonds is 4. The standard InChI is InChI=1S/C10H10F3NO2/c1-2-8(15)7-3-4-14-9(5-7)16-6-10(11,12)13/h3-5H,2,6H2,1H3. The molecule has 0 saturated carbocycles. The van der Waals surface area contributed by atoms with Crippen molar-refractivity contribution in [1.29, 1.82) is 0 Å². The number of halogens is 3. The normalized spacial score (nSPS) is 11.2. The highest BCUT2D eigenvalue weighted by atomic mass is 19.4. The molecule has 1 aromatic rings. The van der Waals surface area contributed by atoms with Gasteiger partial charge in [-0.25, -0.2) is 4.98 Å². The monoisotopic (exact) mass is 233 g/mol. The zero-order chi connectivity index (χ0) is 12.2. The van der Waals surface area contributed by atoms with Gasteiger partial charge in [-0.1, -0.05) is 6.92 Å². The Bertz CT molecular complexity index is 377. The Labute approximate surface area is 90.2 Å². The molecule has 0 unspecified atom stereocenters. The van der Waals surface area contributed by atoms with Crippen molar-refractivity contribution in [3.63, 3.8) is 0 Å². The summed E-state index contributed by atoms with van der Waals surface area (Å²) in [5.74, 6) is -0.365. The van der Waals surface area contributed by atoms with E-state index in [1.165, 1.54) is 18.3 Å². The average Bonchev–Trinajstić information content (AvgIpc) is 2.25. The van der Waals surface area contributed by atoms with Gasteiger partial charge in [-0.2, -0.15) is 13.2 Å². The second-order valence-corrected chi connectivity index (χ2v) is 3.06. The summed E-state index contributed by atoms with van der Waals surface area (Å²) in [4.78, 5) is 14.8. The minimum Gasteiger partial charge on any atom is -0.468 e. The van der Waals surface area contributed by atoms with E-state index in [1.54, 1.807) is 6.92 Å². The molecule has 0 saturated heterocycles. The Morgan fingerprint density at radius 3 is 2.75 bits per heavy atom. The highest BCUT2D eigenvalue weighted by molar-refractivity contribution is 5.95. The van der Waals surface area contributed by atoms with E-state index in [1.807, 2.05) is 0 Å². The molecule has 1 aromatic heterocycles. The molecule has 1 heterocycles. The first kappa shape index (κ1) is 12.5. The number of carbonyl (C=O) groups excluding carboxylic acids is 1. The minimum absolute atomic E-state index is 0.167. The summed E-state index contributed by atoms with van der Waals surface area (Å²) in [5, 5.41) is 0. The number of ether oxygens (including phenoxy) is 1. The van der Waals surface area contributed by atoms with Gasteiger partial charge < -0.3 is 4.74 Å². The predicted octanol–water partition coefficient (Wildman–Crippen LogP) is 2.62. The fourth-order valence-corrected chi connectivity index (χ4v) is 1.02. The number of hydrogen-bond donors (Lipinski definition) is 0. The number of aromatic nitrogens is 1. The smallest absolute Gasteiger partial charge is 0.422 e. The second kappa shape index (κ2) is 4.96. The number of Topliss-reactive ketones (excluding diaryl/α,β-unsaturated/α-hetero) is 1. The molecule has 0 N–H and O–H groups in total. The third-order valence-corrected chi connectivity index (χ3v) is 1.76. The molecular formula is C10H10F3NO2. The van der Waals surface area contributed by atoms with Crippen LogP contribution in [0.2, 0.25) is 0 Å². The lowest BCUT2D eigenvalue weighted by atomic mass is 10.1. The highest BCUT2D eigenvalue weighted by Gasteiger charge is 2.28. The van der Waals surface area contributed by atoms with Crippen LogP contribution in [0.25, 0.3) is 0 Å². The third-order valence-electron chi connectivity index (χ3n) is 1.76. The van der Waals surface area contributed by atoms with Gasteiger partial charge >= 0.3 is 6.18 Å². The van der Waals surface area contributed by atoms with E-state index in [0.29, 0.717) is 5.56 Å². The van der Waals surface area contributed by atoms with Crippen LogP contribution in [0, 0.1) is 0 Å². The second-order valence-electron chi connectivity index (χ2n) is 3.06. The van der Waals surface area contributed by atoms with Crippen LogP contribution in [-0.2, 0) is 0 Å². The molecular weight excluding hydrogens is 223 g/mol. The molecule has 0 spiro atoms. The lowest BCUT2D eigenvalue weighted by Crippen LogP contribution is -2.19. The van der Waals surface area contributed by atoms with Crippen LogP contribution in [0.3, 0.4) is 0 Å². The van der Waals surface area contributed by atoms with Gasteiger partial charge in [0.15, 0.2) is 12.4 Å². The molecule has 0 aliphatic heterocycles. The van der Waals surface area contributed by atoms with Gasteiger partial charge in [0, 0.05) is 24.2 Å². The van der Waals surface area contributed by atoms with E-state index in [2.05, 4.69) is 9.72 Å². The van der Waals surface area contributed by atoms with Crippen molar-refractivity contribution < 1.29 is 22.7 Å². The van der Waals surface area contributed by atoms with Crippen LogP contribution in [0.1, 0.15) is 23.7 Å². The summed E-state index contributed by atoms with van der Waals surface area (Å²) < 4.78 is 40.0. The molecule has 0 bridgehead atoms. The van der Waals surface area contributed by atoms with Crippen molar-refractivity contribution in [3.8, 4) is 5.88 Å². The minimum atomic E-state index is -4.41. The maximum absolute atomic E-state index is 11.8. The molecule has 3 nitrogen and oxygen atoms in total. The van der Waals surface area contributed by atoms with E-state index in [9.17, 15) is 18.0 Å². The molecule has 0 radical (unpaired) electrons. The van der Waals surface area contributed by atoms with Crippen LogP contribution < -0.4 is 4.74 Å². The molecule has 88 valence electrons. The van der Waals surface area contributed by atoms with E-state index < -0.39 is 12.8 Å². The van der Waals surface area contributed by atoms with Crippen molar-refractivity contribution in [2.24, 2.45) is 0 Å². The predicted molar refractivity (Wildman–Crippen MR) is 50.4 cm³/mol. The van der Waals surface area contributed by atoms with E-state index >= 15 is 0 Å². The summed E-state index contributed by atoms with van der Waals surface area (Å²) in [6.45, 7) is 0.253. The van der Waals surface area contributed by atoms with E-state index in [0.717, 1.165) is 0 Å². The van der Waals surface area contributed by atoms with Crippen LogP contribution in [0.5, 0.6) is 5.88 Å². The molecule has 0 aromatic carbocycles. The molecule has 1 rings (SSSR count). The lowest BCUT2D eigenvalue weighted by molar-refractivity contribution is -0.154. The number of carbonyl (C=O) groups is 1. The zero-order valence-corrected chi connectivity index (χ0v) is 8.54. The summed E-state index contributed by atoms with van der Waals surface area (Å²) in [6, 6.07) is 2.64. The highest BCUT2D eigenvalue weighted by Crippen LogP contribution is 2.17. The topological polar surface area (TPSA) is 39.2 Å². The maximum atomic E-state index is 11.8. The number of hydrogen-bond acceptors (Lipinski definition) is 3. The first-order valence-corrected chi connectivity index (χ1v) is 4.61. The van der Waals surface area contributed by atoms with Crippen LogP contribution >= 0.6 is 0 Å². The fraction of sp³-hybridized carbons (Fsp3) is 0.400. The van der Waals surface area contributed by atoms with E-state index in [4.69, 9.17) is 0 Å². The van der Waals surface area contributed by atoms with Gasteiger partial charge in [-0.3, -0.25) is 4.79 Å². The van der Waals surface area contributed by atoms with Crippen LogP contribution in [0.15, 0.2) is 18.3 Å². The molecule has 0 amide bonds. The van der Waals surface area contributed by atoms with Crippen molar-refractivity contribution in [2.45, 2.75) is 19.5 Å². The summed E-state index contributed by atoms with van der Waals surface area (Å²) in [6.07, 6.45) is -2.89. The van der Waals surface area contributed by atoms with Crippen LogP contribution in [-0.4, -0.2) is 23.6 Å². The quantitative estimate of drug-likeness (QED) is 0.750. The molecule has 0 aliphatic rings. The molecule has 0 atom stereocenters. The Morgan fingerprint density at radius 1 is 1.50 bits per heavy atom. The number of nitrogens with zero attached hydrogens (tertiary/aromatic N) is 1. The first-order chi connectivity index (χ1) is 7.42. The number of ketones is 1. The summed E-state index contributed by atoms with van der Waals surface area (Å²) >= 11 is 0. The van der Waals surface area contributed by atoms with Crippen molar-refractivity contribution >= 4 is 5.78 Å². The SMILES string of the molecule is CCC(=O)c1ccnc(OCC(F)(F)F)c1. The Balaban J connectivity index is 2.71. The van der Waals surface area contributed by atoms with Gasteiger partial charge in [0.25, 0.3) is 0 Å². The first-order valence-electron chi connectivity index (χ1n) is 4.61. The van der Waals surface area contributed by atoms with Crippen LogP contribution in [0.4, 0.5) is 13.2 Å². The largest absolute Gasteiger partial charge is 0.468 e. The number of pyridine rings is 1. The Hall–Kier alpha value is -1.59. The molecule has 6 heteroatoms. The van der Waals surface area contributed by atoms with Crippen molar-refractivity contribution in [1.82, 2.24) is 4.98 Å². The van der Waals surface area contributed by atoms with Crippen molar-refractivity contribution in [2.75, 3.05) is 6.61 Å². The fourth-order valence-electron chi connectivity index (χ4n) is 1.02. The Kier molecular flexibility index (Phi) is 3.87. The average molecular weight is 233 g/mol. The zero-order valence-electron chi connectivity index (χ0n) is 8.54. The van der Waals surface area contributed by atoms with Crippen molar-refractivity contribution in [3.05, 3.63) is 23.9 Å². The molecule has 0 aliphatic carbocycles. The van der Waals surface area contributed by atoms with Gasteiger partial charge in [-0.15, -0.1) is 0 Å². The van der Waals surface area contributed by atoms with Gasteiger partial charge in [0.1, 0.15) is 0 Å². The molecule has 16 heavy (non-hydrogen) atoms. The van der Waals surface area contributed by atoms with Gasteiger partial charge in [-0.05, 0) is 6.07 Å². The Morgan fingerprint density at radius 2 is 2.19 bits per heavy atom. The maximum Gasteiger partial charge on any atom is 0.422 e. The third kappa shape index (κ3) is 3.88. The van der Waals surface area contributed by atoms with E-state index in [-0.39, 0.29) is 18.1 Å². The number of alkyl halides is 3. The van der Waals surface area contributed by atoms with Gasteiger partial charge in [0.2, 0.25) is 5.88 Å². The summed E-state index contributed by atoms with van der Waals surface area (Å²) in [7, 11) is 0.